The summed E-state index contributed by atoms with van der Waals surface area (Å²) in [5.74, 6) is -9.74. The first-order valence-corrected chi connectivity index (χ1v) is 8.20. The van der Waals surface area contributed by atoms with Crippen LogP contribution in [0.15, 0.2) is 36.4 Å². The maximum absolute atomic E-state index is 11.3. The van der Waals surface area contributed by atoms with Gasteiger partial charge >= 0.3 is 23.9 Å². The molecule has 1 aromatic carbocycles. The average Bonchev–Trinajstić information content (AvgIpc) is 2.65. The van der Waals surface area contributed by atoms with E-state index >= 15 is 0 Å². The zero-order valence-electron chi connectivity index (χ0n) is 14.3. The van der Waals surface area contributed by atoms with Gasteiger partial charge in [-0.3, -0.25) is 19.2 Å². The number of hydrogen-bond acceptors (Lipinski definition) is 6. The molecule has 0 spiro atoms. The van der Waals surface area contributed by atoms with Gasteiger partial charge in [0.05, 0.1) is 0 Å². The number of aliphatic carboxylic acids is 4. The number of carbonyl (C=O) groups is 4. The van der Waals surface area contributed by atoms with Crippen LogP contribution in [-0.2, 0) is 40.2 Å². The van der Waals surface area contributed by atoms with Crippen molar-refractivity contribution in [2.45, 2.75) is 24.0 Å². The molecule has 10 heteroatoms. The Morgan fingerprint density at radius 1 is 0.714 bits per heavy atom. The van der Waals surface area contributed by atoms with Gasteiger partial charge in [-0.2, -0.15) is 0 Å². The fraction of sp³-hybridized carbons (Fsp3) is 0.333. The molecule has 0 amide bonds. The third-order valence-electron chi connectivity index (χ3n) is 5.01. The first kappa shape index (κ1) is 19.5. The number of rotatable bonds is 8. The molecule has 28 heavy (non-hydrogen) atoms. The molecule has 0 saturated heterocycles. The highest BCUT2D eigenvalue weighted by atomic mass is 17.2. The van der Waals surface area contributed by atoms with Gasteiger partial charge in [0.1, 0.15) is 11.2 Å². The van der Waals surface area contributed by atoms with E-state index in [2.05, 4.69) is 0 Å². The molecular weight excluding hydrogens is 376 g/mol. The summed E-state index contributed by atoms with van der Waals surface area (Å²) in [7, 11) is 0. The molecule has 0 aromatic heterocycles. The lowest BCUT2D eigenvalue weighted by Crippen LogP contribution is -2.50. The Labute approximate surface area is 157 Å². The Morgan fingerprint density at radius 3 is 1.29 bits per heavy atom. The van der Waals surface area contributed by atoms with Crippen molar-refractivity contribution >= 4 is 23.9 Å². The van der Waals surface area contributed by atoms with Crippen LogP contribution in [0, 0.1) is 11.8 Å². The van der Waals surface area contributed by atoms with Gasteiger partial charge in [-0.25, -0.2) is 9.78 Å². The molecule has 0 radical (unpaired) electrons. The minimum absolute atomic E-state index is 0.394. The molecule has 1 aromatic rings. The van der Waals surface area contributed by atoms with Crippen LogP contribution in [0.4, 0.5) is 0 Å². The number of benzene rings is 1. The molecule has 4 N–H and O–H groups in total. The Morgan fingerprint density at radius 2 is 1.04 bits per heavy atom. The molecule has 2 unspecified atom stereocenters. The fourth-order valence-corrected chi connectivity index (χ4v) is 3.55. The fourth-order valence-electron chi connectivity index (χ4n) is 3.55. The van der Waals surface area contributed by atoms with Crippen LogP contribution >= 0.6 is 0 Å². The van der Waals surface area contributed by atoms with Gasteiger partial charge in [0.2, 0.25) is 0 Å². The Hall–Kier alpha value is -3.24. The quantitative estimate of drug-likeness (QED) is 0.284. The van der Waals surface area contributed by atoms with Crippen LogP contribution in [0.1, 0.15) is 24.0 Å². The van der Waals surface area contributed by atoms with E-state index in [0.29, 0.717) is 11.1 Å². The van der Waals surface area contributed by atoms with E-state index in [-0.39, 0.29) is 0 Å². The highest BCUT2D eigenvalue weighted by Gasteiger charge is 2.55. The van der Waals surface area contributed by atoms with E-state index in [1.54, 1.807) is 24.3 Å². The first-order valence-electron chi connectivity index (χ1n) is 8.20. The van der Waals surface area contributed by atoms with Crippen LogP contribution < -0.4 is 0 Å². The lowest BCUT2D eigenvalue weighted by Gasteiger charge is -2.49. The average molecular weight is 392 g/mol. The number of fused-ring (bicyclic) bond motifs is 1. The summed E-state index contributed by atoms with van der Waals surface area (Å²) in [5.41, 5.74) is -2.24. The molecule has 1 aliphatic carbocycles. The highest BCUT2D eigenvalue weighted by Crippen LogP contribution is 2.53. The molecule has 2 heterocycles. The minimum Gasteiger partial charge on any atom is -0.481 e. The predicted molar refractivity (Wildman–Crippen MR) is 87.9 cm³/mol. The molecule has 10 nitrogen and oxygen atoms in total. The largest absolute Gasteiger partial charge is 0.481 e. The van der Waals surface area contributed by atoms with Crippen molar-refractivity contribution in [3.8, 4) is 0 Å². The zero-order valence-corrected chi connectivity index (χ0v) is 14.3. The highest BCUT2D eigenvalue weighted by molar-refractivity contribution is 5.93. The summed E-state index contributed by atoms with van der Waals surface area (Å²) in [6.45, 7) is 0. The SMILES string of the molecule is O=C(O)C(CC12C=CC(CC(C(=O)O)C(=O)O)(OO1)c1ccccc12)C(=O)O. The molecule has 0 fully saturated rings. The van der Waals surface area contributed by atoms with E-state index in [0.717, 1.165) is 0 Å². The zero-order chi connectivity index (χ0) is 20.7. The Bertz CT molecular complexity index is 791. The van der Waals surface area contributed by atoms with E-state index in [1.165, 1.54) is 12.2 Å². The minimum atomic E-state index is -1.78. The Kier molecular flexibility index (Phi) is 4.69. The predicted octanol–water partition coefficient (Wildman–Crippen LogP) is 0.960. The maximum atomic E-state index is 11.3. The molecule has 148 valence electrons. The Balaban J connectivity index is 2.06. The van der Waals surface area contributed by atoms with Crippen molar-refractivity contribution in [2.24, 2.45) is 11.8 Å². The molecule has 2 aliphatic heterocycles. The molecule has 4 rings (SSSR count). The van der Waals surface area contributed by atoms with Crippen molar-refractivity contribution in [1.29, 1.82) is 0 Å². The standard InChI is InChI=1S/C18H16O10/c19-13(20)9(14(21)22)7-17-5-6-18(28-27-17,8-10(15(23)24)16(25)26)12-4-2-1-3-11(12)17/h1-6,9-10H,7-8H2,(H,19,20)(H,21,22)(H,23,24)(H,25,26). The number of carboxylic acid groups (broad SMARTS) is 4. The van der Waals surface area contributed by atoms with Gasteiger partial charge in [0.25, 0.3) is 0 Å². The van der Waals surface area contributed by atoms with Crippen molar-refractivity contribution < 1.29 is 49.4 Å². The summed E-state index contributed by atoms with van der Waals surface area (Å²) < 4.78 is 0. The van der Waals surface area contributed by atoms with Crippen molar-refractivity contribution in [3.63, 3.8) is 0 Å². The van der Waals surface area contributed by atoms with Gasteiger partial charge in [0.15, 0.2) is 11.8 Å². The molecular formula is C18H16O10. The van der Waals surface area contributed by atoms with Crippen LogP contribution in [0.3, 0.4) is 0 Å². The van der Waals surface area contributed by atoms with E-state index < -0.39 is 59.8 Å². The summed E-state index contributed by atoms with van der Waals surface area (Å²) in [5, 5.41) is 36.8. The summed E-state index contributed by atoms with van der Waals surface area (Å²) in [6, 6.07) is 6.39. The normalized spacial score (nSPS) is 24.9. The van der Waals surface area contributed by atoms with E-state index in [4.69, 9.17) is 9.78 Å². The van der Waals surface area contributed by atoms with Crippen LogP contribution in [0.25, 0.3) is 0 Å². The lowest BCUT2D eigenvalue weighted by atomic mass is 9.70. The second-order valence-corrected chi connectivity index (χ2v) is 6.69. The van der Waals surface area contributed by atoms with E-state index in [9.17, 15) is 39.6 Å². The van der Waals surface area contributed by atoms with Crippen molar-refractivity contribution in [1.82, 2.24) is 0 Å². The summed E-state index contributed by atoms with van der Waals surface area (Å²) in [6.07, 6.45) is 1.86. The van der Waals surface area contributed by atoms with Crippen molar-refractivity contribution in [3.05, 3.63) is 47.5 Å². The second-order valence-electron chi connectivity index (χ2n) is 6.69. The topological polar surface area (TPSA) is 168 Å². The van der Waals surface area contributed by atoms with E-state index in [1.807, 2.05) is 0 Å². The van der Waals surface area contributed by atoms with Gasteiger partial charge < -0.3 is 20.4 Å². The van der Waals surface area contributed by atoms with Gasteiger partial charge in [-0.15, -0.1) is 0 Å². The number of hydrogen-bond donors (Lipinski definition) is 4. The van der Waals surface area contributed by atoms with Gasteiger partial charge in [-0.05, 0) is 23.3 Å². The van der Waals surface area contributed by atoms with Crippen LogP contribution in [-0.4, -0.2) is 44.3 Å². The smallest absolute Gasteiger partial charge is 0.318 e. The second kappa shape index (κ2) is 6.73. The molecule has 2 atom stereocenters. The summed E-state index contributed by atoms with van der Waals surface area (Å²) in [4.78, 5) is 56.1. The maximum Gasteiger partial charge on any atom is 0.318 e. The van der Waals surface area contributed by atoms with Crippen LogP contribution in [0.5, 0.6) is 0 Å². The van der Waals surface area contributed by atoms with Crippen molar-refractivity contribution in [2.75, 3.05) is 0 Å². The molecule has 3 aliphatic rings. The van der Waals surface area contributed by atoms with Crippen LogP contribution in [0.2, 0.25) is 0 Å². The lowest BCUT2D eigenvalue weighted by molar-refractivity contribution is -0.426. The third-order valence-corrected chi connectivity index (χ3v) is 5.01. The number of carboxylic acids is 4. The molecule has 2 bridgehead atoms. The first-order chi connectivity index (χ1) is 13.1. The molecule has 0 saturated carbocycles. The summed E-state index contributed by atoms with van der Waals surface area (Å²) >= 11 is 0. The van der Waals surface area contributed by atoms with Gasteiger partial charge in [0, 0.05) is 12.8 Å². The third kappa shape index (κ3) is 3.02. The van der Waals surface area contributed by atoms with Gasteiger partial charge in [-0.1, -0.05) is 24.3 Å². The monoisotopic (exact) mass is 392 g/mol.